The summed E-state index contributed by atoms with van der Waals surface area (Å²) in [6.07, 6.45) is 1.64. The Kier molecular flexibility index (Phi) is 5.22. The Balaban J connectivity index is 2.80. The fourth-order valence-electron chi connectivity index (χ4n) is 2.47. The predicted octanol–water partition coefficient (Wildman–Crippen LogP) is 1.01. The van der Waals surface area contributed by atoms with E-state index in [0.29, 0.717) is 6.61 Å². The van der Waals surface area contributed by atoms with Gasteiger partial charge in [0.1, 0.15) is 5.54 Å². The summed E-state index contributed by atoms with van der Waals surface area (Å²) >= 11 is 0. The van der Waals surface area contributed by atoms with Crippen LogP contribution in [-0.2, 0) is 9.53 Å². The summed E-state index contributed by atoms with van der Waals surface area (Å²) < 4.78 is 5.24. The van der Waals surface area contributed by atoms with Crippen molar-refractivity contribution in [3.63, 3.8) is 0 Å². The molecule has 4 nitrogen and oxygen atoms in total. The van der Waals surface area contributed by atoms with Gasteiger partial charge in [-0.2, -0.15) is 0 Å². The summed E-state index contributed by atoms with van der Waals surface area (Å²) in [5.74, 6) is -0.0538. The van der Waals surface area contributed by atoms with Crippen molar-refractivity contribution in [2.45, 2.75) is 39.2 Å². The Labute approximate surface area is 98.3 Å². The summed E-state index contributed by atoms with van der Waals surface area (Å²) in [4.78, 5) is 14.4. The topological polar surface area (TPSA) is 41.6 Å². The van der Waals surface area contributed by atoms with Crippen LogP contribution in [0.15, 0.2) is 0 Å². The maximum Gasteiger partial charge on any atom is 0.326 e. The highest BCUT2D eigenvalue weighted by atomic mass is 16.5. The molecule has 0 aromatic carbocycles. The van der Waals surface area contributed by atoms with E-state index < -0.39 is 5.54 Å². The second-order valence-electron chi connectivity index (χ2n) is 4.20. The van der Waals surface area contributed by atoms with Crippen molar-refractivity contribution < 1.29 is 9.53 Å². The number of carbonyl (C=O) groups excluding carboxylic acids is 1. The minimum absolute atomic E-state index is 0.0538. The number of hydrogen-bond acceptors (Lipinski definition) is 4. The molecular formula is C12H24N2O2. The first kappa shape index (κ1) is 13.5. The second-order valence-corrected chi connectivity index (χ2v) is 4.20. The van der Waals surface area contributed by atoms with Gasteiger partial charge in [0.2, 0.25) is 0 Å². The monoisotopic (exact) mass is 228 g/mol. The molecule has 1 saturated heterocycles. The molecule has 0 aromatic heterocycles. The SMILES string of the molecule is CCOC(=O)C(CC)(CC)N1CCNCC1. The Bertz CT molecular complexity index is 221. The third-order valence-electron chi connectivity index (χ3n) is 3.55. The van der Waals surface area contributed by atoms with Crippen LogP contribution in [0.2, 0.25) is 0 Å². The molecule has 1 fully saturated rings. The van der Waals surface area contributed by atoms with E-state index in [4.69, 9.17) is 4.74 Å². The van der Waals surface area contributed by atoms with Crippen molar-refractivity contribution in [2.24, 2.45) is 0 Å². The van der Waals surface area contributed by atoms with Gasteiger partial charge in [-0.3, -0.25) is 9.69 Å². The lowest BCUT2D eigenvalue weighted by Gasteiger charge is -2.42. The standard InChI is InChI=1S/C12H24N2O2/c1-4-12(5-2,11(15)16-6-3)14-9-7-13-8-10-14/h13H,4-10H2,1-3H3. The maximum absolute atomic E-state index is 12.1. The summed E-state index contributed by atoms with van der Waals surface area (Å²) in [5, 5.41) is 3.31. The molecule has 0 spiro atoms. The Morgan fingerprint density at radius 1 is 1.25 bits per heavy atom. The molecule has 0 unspecified atom stereocenters. The van der Waals surface area contributed by atoms with Gasteiger partial charge in [0, 0.05) is 26.2 Å². The number of piperazine rings is 1. The van der Waals surface area contributed by atoms with Crippen LogP contribution in [0.25, 0.3) is 0 Å². The van der Waals surface area contributed by atoms with E-state index in [2.05, 4.69) is 24.1 Å². The van der Waals surface area contributed by atoms with Gasteiger partial charge in [-0.15, -0.1) is 0 Å². The van der Waals surface area contributed by atoms with Crippen LogP contribution in [0, 0.1) is 0 Å². The number of ether oxygens (including phenoxy) is 1. The molecule has 0 bridgehead atoms. The first-order valence-electron chi connectivity index (χ1n) is 6.34. The number of esters is 1. The average molecular weight is 228 g/mol. The summed E-state index contributed by atoms with van der Waals surface area (Å²) in [5.41, 5.74) is -0.405. The quantitative estimate of drug-likeness (QED) is 0.713. The average Bonchev–Trinajstić information content (AvgIpc) is 2.33. The van der Waals surface area contributed by atoms with E-state index in [9.17, 15) is 4.79 Å². The highest BCUT2D eigenvalue weighted by Gasteiger charge is 2.42. The molecule has 0 radical (unpaired) electrons. The lowest BCUT2D eigenvalue weighted by molar-refractivity contribution is -0.159. The number of nitrogens with zero attached hydrogens (tertiary/aromatic N) is 1. The molecule has 0 aliphatic carbocycles. The van der Waals surface area contributed by atoms with E-state index in [-0.39, 0.29) is 5.97 Å². The lowest BCUT2D eigenvalue weighted by atomic mass is 9.90. The normalized spacial score (nSPS) is 18.4. The Morgan fingerprint density at radius 3 is 2.25 bits per heavy atom. The van der Waals surface area contributed by atoms with Gasteiger partial charge in [0.15, 0.2) is 0 Å². The fourth-order valence-corrected chi connectivity index (χ4v) is 2.47. The van der Waals surface area contributed by atoms with Crippen molar-refractivity contribution in [3.05, 3.63) is 0 Å². The summed E-state index contributed by atoms with van der Waals surface area (Å²) in [7, 11) is 0. The van der Waals surface area contributed by atoms with Crippen LogP contribution in [-0.4, -0.2) is 49.2 Å². The number of carbonyl (C=O) groups is 1. The molecule has 0 atom stereocenters. The maximum atomic E-state index is 12.1. The zero-order valence-corrected chi connectivity index (χ0v) is 10.7. The zero-order chi connectivity index (χ0) is 12.0. The Hall–Kier alpha value is -0.610. The molecule has 1 N–H and O–H groups in total. The van der Waals surface area contributed by atoms with Crippen LogP contribution in [0.5, 0.6) is 0 Å². The van der Waals surface area contributed by atoms with E-state index >= 15 is 0 Å². The number of rotatable bonds is 5. The minimum atomic E-state index is -0.405. The largest absolute Gasteiger partial charge is 0.465 e. The first-order valence-corrected chi connectivity index (χ1v) is 6.34. The lowest BCUT2D eigenvalue weighted by Crippen LogP contribution is -2.60. The summed E-state index contributed by atoms with van der Waals surface area (Å²) in [6.45, 7) is 10.3. The molecule has 1 rings (SSSR count). The van der Waals surface area contributed by atoms with E-state index in [1.807, 2.05) is 6.92 Å². The second kappa shape index (κ2) is 6.21. The van der Waals surface area contributed by atoms with Gasteiger partial charge in [0.05, 0.1) is 6.61 Å². The van der Waals surface area contributed by atoms with Crippen LogP contribution < -0.4 is 5.32 Å². The highest BCUT2D eigenvalue weighted by Crippen LogP contribution is 2.26. The molecule has 1 aliphatic rings. The van der Waals surface area contributed by atoms with Crippen LogP contribution in [0.4, 0.5) is 0 Å². The van der Waals surface area contributed by atoms with Gasteiger partial charge in [-0.25, -0.2) is 0 Å². The molecule has 0 saturated carbocycles. The molecule has 16 heavy (non-hydrogen) atoms. The van der Waals surface area contributed by atoms with Crippen LogP contribution >= 0.6 is 0 Å². The smallest absolute Gasteiger partial charge is 0.326 e. The fraction of sp³-hybridized carbons (Fsp3) is 0.917. The van der Waals surface area contributed by atoms with Gasteiger partial charge in [0.25, 0.3) is 0 Å². The van der Waals surface area contributed by atoms with E-state index in [1.165, 1.54) is 0 Å². The van der Waals surface area contributed by atoms with E-state index in [0.717, 1.165) is 39.0 Å². The van der Waals surface area contributed by atoms with Crippen molar-refractivity contribution in [3.8, 4) is 0 Å². The Morgan fingerprint density at radius 2 is 1.81 bits per heavy atom. The molecule has 0 aromatic rings. The molecule has 1 aliphatic heterocycles. The van der Waals surface area contributed by atoms with Gasteiger partial charge < -0.3 is 10.1 Å². The number of hydrogen-bond donors (Lipinski definition) is 1. The number of nitrogens with one attached hydrogen (secondary N) is 1. The summed E-state index contributed by atoms with van der Waals surface area (Å²) in [6, 6.07) is 0. The third kappa shape index (κ3) is 2.55. The highest BCUT2D eigenvalue weighted by molar-refractivity contribution is 5.80. The van der Waals surface area contributed by atoms with Gasteiger partial charge in [-0.1, -0.05) is 13.8 Å². The molecule has 1 heterocycles. The van der Waals surface area contributed by atoms with Crippen LogP contribution in [0.1, 0.15) is 33.6 Å². The van der Waals surface area contributed by atoms with Crippen molar-refractivity contribution in [2.75, 3.05) is 32.8 Å². The van der Waals surface area contributed by atoms with Crippen LogP contribution in [0.3, 0.4) is 0 Å². The van der Waals surface area contributed by atoms with Crippen molar-refractivity contribution >= 4 is 5.97 Å². The zero-order valence-electron chi connectivity index (χ0n) is 10.7. The molecule has 94 valence electrons. The predicted molar refractivity (Wildman–Crippen MR) is 64.4 cm³/mol. The molecule has 0 amide bonds. The van der Waals surface area contributed by atoms with Crippen molar-refractivity contribution in [1.82, 2.24) is 10.2 Å². The van der Waals surface area contributed by atoms with Crippen molar-refractivity contribution in [1.29, 1.82) is 0 Å². The van der Waals surface area contributed by atoms with Gasteiger partial charge >= 0.3 is 5.97 Å². The first-order chi connectivity index (χ1) is 7.71. The van der Waals surface area contributed by atoms with E-state index in [1.54, 1.807) is 0 Å². The minimum Gasteiger partial charge on any atom is -0.465 e. The third-order valence-corrected chi connectivity index (χ3v) is 3.55. The molecule has 4 heteroatoms. The molecular weight excluding hydrogens is 204 g/mol. The van der Waals surface area contributed by atoms with Gasteiger partial charge in [-0.05, 0) is 19.8 Å².